The molecule has 14 N–H and O–H groups in total. The summed E-state index contributed by atoms with van der Waals surface area (Å²) in [5.41, 5.74) is 0. The van der Waals surface area contributed by atoms with Gasteiger partial charge in [-0.1, -0.05) is 13.8 Å². The molecule has 0 bridgehead atoms. The van der Waals surface area contributed by atoms with Crippen molar-refractivity contribution in [3.63, 3.8) is 0 Å². The zero-order valence-electron chi connectivity index (χ0n) is 49.2. The van der Waals surface area contributed by atoms with Crippen LogP contribution in [-0.2, 0) is 85.4 Å². The van der Waals surface area contributed by atoms with Crippen molar-refractivity contribution in [2.45, 2.75) is 201 Å². The first-order chi connectivity index (χ1) is 40.8. The highest BCUT2D eigenvalue weighted by atomic mass is 17.1. The highest BCUT2D eigenvalue weighted by Crippen LogP contribution is 2.41. The summed E-state index contributed by atoms with van der Waals surface area (Å²) in [5, 5.41) is 151. The van der Waals surface area contributed by atoms with Crippen LogP contribution < -0.4 is 0 Å². The van der Waals surface area contributed by atoms with Gasteiger partial charge in [-0.25, -0.2) is 10.1 Å². The lowest BCUT2D eigenvalue weighted by Gasteiger charge is -2.51. The van der Waals surface area contributed by atoms with Crippen molar-refractivity contribution >= 4 is 0 Å². The summed E-state index contributed by atoms with van der Waals surface area (Å²) < 4.78 is 103. The number of rotatable bonds is 39. The number of hydrogen-bond acceptors (Lipinski definition) is 32. The first-order valence-corrected chi connectivity index (χ1v) is 29.2. The minimum absolute atomic E-state index is 0.0467. The maximum atomic E-state index is 12.4. The molecule has 502 valence electrons. The lowest BCUT2D eigenvalue weighted by atomic mass is 9.79. The summed E-state index contributed by atoms with van der Waals surface area (Å²) in [7, 11) is 0. The van der Waals surface area contributed by atoms with Gasteiger partial charge in [-0.05, 0) is 40.0 Å². The SMILES string of the molecule is CC(C)O[C@@H]1OC(COCCO)[C@@H](OCC2O[C@@H](O[C@H]3C(COCOO)O[C@@H](OC(C)C)C(OCCO)[C@H]3O)C(O)[C@@H](O)[C@H]2O[C@@H]2CC(CO)[C@H](O[C@@H]3OC(COCCO)[C@@H](C(C)C)[C@H](O)C3OCCO)[C@H](O)C2OCCO)[C@H](O)C1OCCO. The van der Waals surface area contributed by atoms with E-state index in [0.717, 1.165) is 0 Å². The molecule has 0 aromatic rings. The summed E-state index contributed by atoms with van der Waals surface area (Å²) in [6.45, 7) is 3.61. The van der Waals surface area contributed by atoms with Gasteiger partial charge in [-0.3, -0.25) is 0 Å². The Morgan fingerprint density at radius 1 is 0.388 bits per heavy atom. The van der Waals surface area contributed by atoms with Gasteiger partial charge in [-0.2, -0.15) is 0 Å². The van der Waals surface area contributed by atoms with Crippen LogP contribution in [0.2, 0.25) is 0 Å². The molecule has 4 aliphatic heterocycles. The number of hydrogen-bond donors (Lipinski definition) is 14. The molecular formula is C53H98O32. The predicted octanol–water partition coefficient (Wildman–Crippen LogP) is -5.91. The maximum Gasteiger partial charge on any atom is 0.187 e. The van der Waals surface area contributed by atoms with E-state index in [1.807, 2.05) is 13.8 Å². The van der Waals surface area contributed by atoms with Crippen LogP contribution in [0.15, 0.2) is 0 Å². The van der Waals surface area contributed by atoms with Crippen LogP contribution in [0.25, 0.3) is 0 Å². The molecule has 0 aromatic carbocycles. The summed E-state index contributed by atoms with van der Waals surface area (Å²) >= 11 is 0. The van der Waals surface area contributed by atoms with Crippen molar-refractivity contribution < 1.29 is 157 Å². The predicted molar refractivity (Wildman–Crippen MR) is 282 cm³/mol. The van der Waals surface area contributed by atoms with Crippen molar-refractivity contribution in [2.75, 3.05) is 119 Å². The van der Waals surface area contributed by atoms with E-state index < -0.39 is 225 Å². The summed E-state index contributed by atoms with van der Waals surface area (Å²) in [4.78, 5) is 4.08. The second-order valence-corrected chi connectivity index (χ2v) is 22.1. The van der Waals surface area contributed by atoms with Gasteiger partial charge in [0.25, 0.3) is 0 Å². The van der Waals surface area contributed by atoms with Crippen molar-refractivity contribution in [3.8, 4) is 0 Å². The van der Waals surface area contributed by atoms with Gasteiger partial charge in [0.05, 0.1) is 142 Å². The Bertz CT molecular complexity index is 1740. The zero-order valence-corrected chi connectivity index (χ0v) is 49.2. The molecular weight excluding hydrogens is 1150 g/mol. The molecule has 25 atom stereocenters. The van der Waals surface area contributed by atoms with Gasteiger partial charge < -0.3 is 147 Å². The lowest BCUT2D eigenvalue weighted by Crippen LogP contribution is -2.67. The molecule has 5 aliphatic rings. The van der Waals surface area contributed by atoms with E-state index in [9.17, 15) is 66.4 Å². The molecule has 4 heterocycles. The first kappa shape index (κ1) is 74.4. The van der Waals surface area contributed by atoms with Crippen LogP contribution in [0.1, 0.15) is 48.0 Å². The van der Waals surface area contributed by atoms with Gasteiger partial charge in [0, 0.05) is 18.4 Å². The molecule has 0 spiro atoms. The molecule has 5 fully saturated rings. The average Bonchev–Trinajstić information content (AvgIpc) is 1.77. The Balaban J connectivity index is 1.54. The van der Waals surface area contributed by atoms with Crippen molar-refractivity contribution in [3.05, 3.63) is 0 Å². The highest BCUT2D eigenvalue weighted by Gasteiger charge is 2.57. The molecule has 1 saturated carbocycles. The maximum absolute atomic E-state index is 12.4. The topological polar surface area (TPSA) is 449 Å². The second kappa shape index (κ2) is 38.5. The van der Waals surface area contributed by atoms with E-state index in [2.05, 4.69) is 4.89 Å². The number of aliphatic hydroxyl groups excluding tert-OH is 13. The lowest BCUT2D eigenvalue weighted by molar-refractivity contribution is -0.378. The third-order valence-corrected chi connectivity index (χ3v) is 14.9. The van der Waals surface area contributed by atoms with Gasteiger partial charge >= 0.3 is 0 Å². The Morgan fingerprint density at radius 3 is 1.32 bits per heavy atom. The summed E-state index contributed by atoms with van der Waals surface area (Å²) in [6.07, 6.45) is -35.5. The molecule has 0 aromatic heterocycles. The van der Waals surface area contributed by atoms with Crippen LogP contribution in [0.3, 0.4) is 0 Å². The second-order valence-electron chi connectivity index (χ2n) is 22.1. The van der Waals surface area contributed by atoms with Crippen LogP contribution in [0.4, 0.5) is 0 Å². The minimum Gasteiger partial charge on any atom is -0.396 e. The van der Waals surface area contributed by atoms with Crippen molar-refractivity contribution in [1.29, 1.82) is 0 Å². The monoisotopic (exact) mass is 1250 g/mol. The van der Waals surface area contributed by atoms with E-state index in [-0.39, 0.29) is 71.8 Å². The van der Waals surface area contributed by atoms with Gasteiger partial charge in [-0.15, -0.1) is 0 Å². The summed E-state index contributed by atoms with van der Waals surface area (Å²) in [6, 6.07) is 0. The average molecular weight is 1250 g/mol. The van der Waals surface area contributed by atoms with Crippen molar-refractivity contribution in [1.82, 2.24) is 0 Å². The fourth-order valence-corrected chi connectivity index (χ4v) is 11.2. The van der Waals surface area contributed by atoms with Crippen molar-refractivity contribution in [2.24, 2.45) is 17.8 Å². The molecule has 0 radical (unpaired) electrons. The molecule has 4 saturated heterocycles. The highest BCUT2D eigenvalue weighted by molar-refractivity contribution is 5.02. The van der Waals surface area contributed by atoms with Crippen LogP contribution in [0, 0.1) is 17.8 Å². The standard InChI is InChI=1S/C53H98O32/c1-26(2)35-31(21-68-13-7-54)80-53(47(36(35)61)72-16-10-57)84-42-29(20-60)19-30(43(39(42)64)71-15-9-56)79-45-34(24-75-44-32(22-69-14-8-55)82-51(77-27(3)4)48(40(44)65)73-17-11-58)81-50(38(63)37(45)62)85-46-33(23-70-25-76-67)83-52(78-28(5)6)49(41(46)66)74-18-12-59/h26-67H,7-25H2,1-6H3/t29?,30-,31?,32?,33?,34?,35-,36+,37-,38?,39+,40+,41+,42+,43?,44-,45+,46+,47?,48?,49?,50+,51-,52-,53+/m1/s1. The first-order valence-electron chi connectivity index (χ1n) is 29.2. The quantitative estimate of drug-likeness (QED) is 0.0118. The van der Waals surface area contributed by atoms with E-state index in [1.165, 1.54) is 0 Å². The fraction of sp³-hybridized carbons (Fsp3) is 1.00. The largest absolute Gasteiger partial charge is 0.396 e. The van der Waals surface area contributed by atoms with Gasteiger partial charge in [0.1, 0.15) is 91.6 Å². The van der Waals surface area contributed by atoms with Gasteiger partial charge in [0.2, 0.25) is 0 Å². The van der Waals surface area contributed by atoms with E-state index in [1.54, 1.807) is 27.7 Å². The van der Waals surface area contributed by atoms with Crippen LogP contribution in [-0.4, -0.2) is 344 Å². The Labute approximate surface area is 494 Å². The zero-order chi connectivity index (χ0) is 62.3. The number of ether oxygens (including phenoxy) is 17. The molecule has 0 amide bonds. The molecule has 1 aliphatic carbocycles. The van der Waals surface area contributed by atoms with Crippen LogP contribution in [0.5, 0.6) is 0 Å². The third-order valence-electron chi connectivity index (χ3n) is 14.9. The minimum atomic E-state index is -2.09. The van der Waals surface area contributed by atoms with E-state index in [0.29, 0.717) is 0 Å². The van der Waals surface area contributed by atoms with E-state index >= 15 is 0 Å². The van der Waals surface area contributed by atoms with Crippen LogP contribution >= 0.6 is 0 Å². The smallest absolute Gasteiger partial charge is 0.187 e. The summed E-state index contributed by atoms with van der Waals surface area (Å²) in [5.74, 6) is -1.89. The molecule has 85 heavy (non-hydrogen) atoms. The normalized spacial score (nSPS) is 39.4. The number of aliphatic hydroxyl groups is 13. The fourth-order valence-electron chi connectivity index (χ4n) is 11.2. The molecule has 5 rings (SSSR count). The molecule has 32 heteroatoms. The Morgan fingerprint density at radius 2 is 0.812 bits per heavy atom. The molecule has 32 nitrogen and oxygen atoms in total. The molecule has 10 unspecified atom stereocenters. The van der Waals surface area contributed by atoms with Gasteiger partial charge in [0.15, 0.2) is 32.0 Å². The Kier molecular flexibility index (Phi) is 33.8. The van der Waals surface area contributed by atoms with E-state index in [4.69, 9.17) is 85.8 Å². The Hall–Kier alpha value is -1.28. The third kappa shape index (κ3) is 20.9.